The van der Waals surface area contributed by atoms with E-state index in [1.807, 2.05) is 0 Å². The Morgan fingerprint density at radius 1 is 1.24 bits per heavy atom. The molecule has 148 valence electrons. The van der Waals surface area contributed by atoms with E-state index in [1.54, 1.807) is 19.9 Å². The van der Waals surface area contributed by atoms with Crippen molar-refractivity contribution in [3.05, 3.63) is 11.9 Å². The Hall–Kier alpha value is -0.280. The van der Waals surface area contributed by atoms with Gasteiger partial charge < -0.3 is 18.5 Å². The molecule has 10 heteroatoms. The molecule has 1 aliphatic rings. The lowest BCUT2D eigenvalue weighted by Gasteiger charge is -2.26. The highest BCUT2D eigenvalue weighted by atomic mass is 32.2. The second kappa shape index (κ2) is 11.4. The fourth-order valence-electron chi connectivity index (χ4n) is 2.22. The van der Waals surface area contributed by atoms with Crippen molar-refractivity contribution < 1.29 is 35.7 Å². The molecule has 0 spiro atoms. The van der Waals surface area contributed by atoms with Gasteiger partial charge in [0.05, 0.1) is 32.2 Å². The van der Waals surface area contributed by atoms with Crippen LogP contribution in [-0.2, 0) is 37.4 Å². The van der Waals surface area contributed by atoms with Crippen LogP contribution in [0.25, 0.3) is 0 Å². The average Bonchev–Trinajstić information content (AvgIpc) is 2.53. The van der Waals surface area contributed by atoms with Gasteiger partial charge in [-0.1, -0.05) is 0 Å². The molecule has 0 N–H and O–H groups in total. The minimum atomic E-state index is -3.53. The summed E-state index contributed by atoms with van der Waals surface area (Å²) >= 11 is 0. The highest BCUT2D eigenvalue weighted by Gasteiger charge is 2.23. The van der Waals surface area contributed by atoms with Crippen LogP contribution in [0.2, 0.25) is 0 Å². The third-order valence-electron chi connectivity index (χ3n) is 3.27. The Morgan fingerprint density at radius 3 is 2.44 bits per heavy atom. The molecule has 1 saturated heterocycles. The van der Waals surface area contributed by atoms with Crippen molar-refractivity contribution in [3.63, 3.8) is 0 Å². The normalized spacial score (nSPS) is 20.8. The first-order valence-corrected chi connectivity index (χ1v) is 11.9. The van der Waals surface area contributed by atoms with Gasteiger partial charge in [-0.15, -0.1) is 0 Å². The highest BCUT2D eigenvalue weighted by molar-refractivity contribution is 7.85. The first-order valence-electron chi connectivity index (χ1n) is 8.47. The van der Waals surface area contributed by atoms with Crippen molar-refractivity contribution >= 4 is 17.7 Å². The molecule has 0 saturated carbocycles. The molecule has 0 aromatic rings. The van der Waals surface area contributed by atoms with E-state index in [4.69, 9.17) is 22.7 Å². The van der Waals surface area contributed by atoms with E-state index in [9.17, 15) is 13.0 Å². The molecule has 8 nitrogen and oxygen atoms in total. The lowest BCUT2D eigenvalue weighted by Crippen LogP contribution is -2.28. The van der Waals surface area contributed by atoms with Gasteiger partial charge in [0.2, 0.25) is 0 Å². The van der Waals surface area contributed by atoms with Crippen LogP contribution >= 0.6 is 7.60 Å². The van der Waals surface area contributed by atoms with Crippen LogP contribution in [0.1, 0.15) is 39.5 Å². The molecule has 0 aromatic heterocycles. The Bertz CT molecular complexity index is 532. The maximum absolute atomic E-state index is 12.5. The maximum Gasteiger partial charge on any atom is 0.353 e. The molecule has 0 unspecified atom stereocenters. The molecule has 25 heavy (non-hydrogen) atoms. The van der Waals surface area contributed by atoms with Crippen LogP contribution in [0.3, 0.4) is 0 Å². The highest BCUT2D eigenvalue weighted by Crippen LogP contribution is 2.49. The predicted molar refractivity (Wildman–Crippen MR) is 93.9 cm³/mol. The second-order valence-electron chi connectivity index (χ2n) is 5.50. The molecular weight excluding hydrogens is 371 g/mol. The molecule has 0 amide bonds. The standard InChI is InChI=1S/C15H29O8PS/c1-4-20-24(16,21-5-2)13-10-14(9-12-22-25(3,17)18)23-15-8-6-7-11-19-15/h10,13-15H,4-9,11-12H2,1-3H3/t14-,15+/m1/s1. The summed E-state index contributed by atoms with van der Waals surface area (Å²) in [5, 5.41) is 0. The Balaban J connectivity index is 2.72. The van der Waals surface area contributed by atoms with E-state index in [2.05, 4.69) is 0 Å². The quantitative estimate of drug-likeness (QED) is 0.364. The summed E-state index contributed by atoms with van der Waals surface area (Å²) < 4.78 is 61.2. The monoisotopic (exact) mass is 400 g/mol. The van der Waals surface area contributed by atoms with E-state index < -0.39 is 23.8 Å². The molecule has 1 rings (SSSR count). The van der Waals surface area contributed by atoms with Crippen molar-refractivity contribution in [2.75, 3.05) is 32.7 Å². The molecule has 0 aromatic carbocycles. The average molecular weight is 400 g/mol. The van der Waals surface area contributed by atoms with E-state index in [-0.39, 0.29) is 32.5 Å². The molecule has 0 aliphatic carbocycles. The molecular formula is C15H29O8PS. The lowest BCUT2D eigenvalue weighted by atomic mass is 10.2. The molecule has 2 atom stereocenters. The Labute approximate surface area is 150 Å². The summed E-state index contributed by atoms with van der Waals surface area (Å²) in [6, 6.07) is 0. The molecule has 1 aliphatic heterocycles. The van der Waals surface area contributed by atoms with E-state index in [0.717, 1.165) is 25.5 Å². The molecule has 0 bridgehead atoms. The minimum Gasteiger partial charge on any atom is -0.353 e. The zero-order valence-electron chi connectivity index (χ0n) is 15.1. The van der Waals surface area contributed by atoms with Gasteiger partial charge in [-0.05, 0) is 39.2 Å². The molecule has 0 radical (unpaired) electrons. The zero-order valence-corrected chi connectivity index (χ0v) is 16.8. The third-order valence-corrected chi connectivity index (χ3v) is 5.63. The summed E-state index contributed by atoms with van der Waals surface area (Å²) in [6.45, 7) is 4.52. The molecule has 1 fully saturated rings. The van der Waals surface area contributed by atoms with Crippen molar-refractivity contribution in [2.45, 2.75) is 51.9 Å². The molecule has 1 heterocycles. The summed E-state index contributed by atoms with van der Waals surface area (Å²) in [5.74, 6) is 1.36. The van der Waals surface area contributed by atoms with Crippen LogP contribution in [-0.4, -0.2) is 53.5 Å². The number of hydrogen-bond donors (Lipinski definition) is 0. The summed E-state index contributed by atoms with van der Waals surface area (Å²) in [5.41, 5.74) is 0. The van der Waals surface area contributed by atoms with Crippen LogP contribution in [0.5, 0.6) is 0 Å². The fourth-order valence-corrected chi connectivity index (χ4v) is 3.99. The van der Waals surface area contributed by atoms with Gasteiger partial charge in [-0.3, -0.25) is 8.75 Å². The number of ether oxygens (including phenoxy) is 2. The van der Waals surface area contributed by atoms with Crippen molar-refractivity contribution in [3.8, 4) is 0 Å². The summed E-state index contributed by atoms with van der Waals surface area (Å²) in [7, 11) is -6.88. The van der Waals surface area contributed by atoms with E-state index >= 15 is 0 Å². The summed E-state index contributed by atoms with van der Waals surface area (Å²) in [6.07, 6.45) is 4.66. The Morgan fingerprint density at radius 2 is 1.92 bits per heavy atom. The van der Waals surface area contributed by atoms with Crippen molar-refractivity contribution in [1.29, 1.82) is 0 Å². The number of hydrogen-bond acceptors (Lipinski definition) is 8. The van der Waals surface area contributed by atoms with E-state index in [1.165, 1.54) is 5.82 Å². The van der Waals surface area contributed by atoms with Crippen LogP contribution in [0.15, 0.2) is 11.9 Å². The van der Waals surface area contributed by atoms with Gasteiger partial charge in [0, 0.05) is 18.8 Å². The lowest BCUT2D eigenvalue weighted by molar-refractivity contribution is -0.180. The Kier molecular flexibility index (Phi) is 10.4. The van der Waals surface area contributed by atoms with Crippen molar-refractivity contribution in [1.82, 2.24) is 0 Å². The van der Waals surface area contributed by atoms with Crippen LogP contribution in [0.4, 0.5) is 0 Å². The zero-order chi connectivity index (χ0) is 18.8. The smallest absolute Gasteiger partial charge is 0.353 e. The summed E-state index contributed by atoms with van der Waals surface area (Å²) in [4.78, 5) is 0. The minimum absolute atomic E-state index is 0.0475. The first-order chi connectivity index (χ1) is 11.8. The maximum atomic E-state index is 12.5. The topological polar surface area (TPSA) is 97.4 Å². The second-order valence-corrected chi connectivity index (χ2v) is 9.04. The largest absolute Gasteiger partial charge is 0.353 e. The van der Waals surface area contributed by atoms with Gasteiger partial charge in [0.15, 0.2) is 6.29 Å². The van der Waals surface area contributed by atoms with Gasteiger partial charge >= 0.3 is 7.60 Å². The first kappa shape index (κ1) is 22.8. The van der Waals surface area contributed by atoms with Crippen molar-refractivity contribution in [2.24, 2.45) is 0 Å². The van der Waals surface area contributed by atoms with Gasteiger partial charge in [0.25, 0.3) is 10.1 Å². The third kappa shape index (κ3) is 10.5. The van der Waals surface area contributed by atoms with Gasteiger partial charge in [-0.25, -0.2) is 0 Å². The van der Waals surface area contributed by atoms with Crippen LogP contribution in [0, 0.1) is 0 Å². The van der Waals surface area contributed by atoms with Gasteiger partial charge in [-0.2, -0.15) is 8.42 Å². The van der Waals surface area contributed by atoms with Gasteiger partial charge in [0.1, 0.15) is 0 Å². The number of rotatable bonds is 12. The fraction of sp³-hybridized carbons (Fsp3) is 0.867. The van der Waals surface area contributed by atoms with E-state index in [0.29, 0.717) is 6.61 Å². The van der Waals surface area contributed by atoms with Crippen LogP contribution < -0.4 is 0 Å². The SMILES string of the molecule is CCOP(=O)(C=C[C@@H](CCOS(C)(=O)=O)O[C@H]1CCCCO1)OCC. The predicted octanol–water partition coefficient (Wildman–Crippen LogP) is 3.04.